The summed E-state index contributed by atoms with van der Waals surface area (Å²) in [6.07, 6.45) is 5.11. The third-order valence-electron chi connectivity index (χ3n) is 3.55. The molecule has 0 radical (unpaired) electrons. The molecule has 1 fully saturated rings. The number of carbonyl (C=O) groups excluding carboxylic acids is 1. The molecule has 0 aromatic carbocycles. The molecule has 0 aromatic heterocycles. The second-order valence-electron chi connectivity index (χ2n) is 4.84. The molecule has 1 unspecified atom stereocenters. The van der Waals surface area contributed by atoms with Gasteiger partial charge in [0.2, 0.25) is 0 Å². The first kappa shape index (κ1) is 13.8. The van der Waals surface area contributed by atoms with Crippen LogP contribution in [0.3, 0.4) is 0 Å². The average Bonchev–Trinajstić information content (AvgIpc) is 2.28. The normalized spacial score (nSPS) is 26.2. The van der Waals surface area contributed by atoms with Crippen LogP contribution >= 0.6 is 0 Å². The summed E-state index contributed by atoms with van der Waals surface area (Å²) in [6.45, 7) is 2.10. The molecule has 1 rings (SSSR count). The van der Waals surface area contributed by atoms with Crippen molar-refractivity contribution in [2.75, 3.05) is 0 Å². The van der Waals surface area contributed by atoms with Crippen LogP contribution in [0.4, 0.5) is 0 Å². The van der Waals surface area contributed by atoms with Gasteiger partial charge in [0, 0.05) is 5.97 Å². The Morgan fingerprint density at radius 2 is 1.94 bits per heavy atom. The van der Waals surface area contributed by atoms with Crippen molar-refractivity contribution < 1.29 is 9.90 Å². The Hall–Kier alpha value is -1.26. The fourth-order valence-corrected chi connectivity index (χ4v) is 2.63. The number of aliphatic carboxylic acids is 1. The van der Waals surface area contributed by atoms with Crippen LogP contribution in [0.15, 0.2) is 4.99 Å². The SMILES string of the molecule is CCCC(N=C(N)N)C1CCC(C(=O)[O-])CC1. The van der Waals surface area contributed by atoms with Crippen LogP contribution in [0.5, 0.6) is 0 Å². The van der Waals surface area contributed by atoms with Gasteiger partial charge < -0.3 is 21.4 Å². The van der Waals surface area contributed by atoms with Gasteiger partial charge in [-0.25, -0.2) is 0 Å². The lowest BCUT2D eigenvalue weighted by molar-refractivity contribution is -0.312. The quantitative estimate of drug-likeness (QED) is 0.520. The van der Waals surface area contributed by atoms with Crippen molar-refractivity contribution in [1.29, 1.82) is 0 Å². The van der Waals surface area contributed by atoms with Gasteiger partial charge in [-0.3, -0.25) is 4.99 Å². The highest BCUT2D eigenvalue weighted by molar-refractivity contribution is 5.75. The van der Waals surface area contributed by atoms with E-state index in [1.54, 1.807) is 0 Å². The topological polar surface area (TPSA) is 105 Å². The molecule has 1 atom stereocenters. The number of aliphatic imine (C=N–C) groups is 1. The van der Waals surface area contributed by atoms with E-state index in [1.807, 2.05) is 0 Å². The predicted octanol–water partition coefficient (Wildman–Crippen LogP) is -0.0152. The van der Waals surface area contributed by atoms with Gasteiger partial charge in [0.15, 0.2) is 5.96 Å². The highest BCUT2D eigenvalue weighted by Crippen LogP contribution is 2.33. The fraction of sp³-hybridized carbons (Fsp3) is 0.833. The maximum absolute atomic E-state index is 10.8. The Morgan fingerprint density at radius 3 is 2.35 bits per heavy atom. The summed E-state index contributed by atoms with van der Waals surface area (Å²) in [5.74, 6) is -0.664. The van der Waals surface area contributed by atoms with E-state index in [0.29, 0.717) is 18.8 Å². The van der Waals surface area contributed by atoms with E-state index in [9.17, 15) is 9.90 Å². The largest absolute Gasteiger partial charge is 0.550 e. The molecule has 5 heteroatoms. The fourth-order valence-electron chi connectivity index (χ4n) is 2.63. The Bertz CT molecular complexity index is 279. The molecular weight excluding hydrogens is 218 g/mol. The van der Waals surface area contributed by atoms with Crippen molar-refractivity contribution in [1.82, 2.24) is 0 Å². The van der Waals surface area contributed by atoms with E-state index in [0.717, 1.165) is 25.7 Å². The van der Waals surface area contributed by atoms with E-state index in [1.165, 1.54) is 0 Å². The van der Waals surface area contributed by atoms with Gasteiger partial charge in [-0.05, 0) is 43.9 Å². The molecule has 0 aromatic rings. The number of nitrogens with zero attached hydrogens (tertiary/aromatic N) is 1. The number of rotatable bonds is 5. The molecule has 17 heavy (non-hydrogen) atoms. The number of carboxylic acid groups (broad SMARTS) is 1. The highest BCUT2D eigenvalue weighted by atomic mass is 16.4. The maximum atomic E-state index is 10.8. The van der Waals surface area contributed by atoms with Crippen LogP contribution in [0.1, 0.15) is 45.4 Å². The minimum Gasteiger partial charge on any atom is -0.550 e. The first-order valence-corrected chi connectivity index (χ1v) is 6.34. The smallest absolute Gasteiger partial charge is 0.186 e. The zero-order valence-corrected chi connectivity index (χ0v) is 10.4. The lowest BCUT2D eigenvalue weighted by atomic mass is 9.77. The lowest BCUT2D eigenvalue weighted by Crippen LogP contribution is -2.36. The van der Waals surface area contributed by atoms with Crippen molar-refractivity contribution in [3.63, 3.8) is 0 Å². The Labute approximate surface area is 102 Å². The van der Waals surface area contributed by atoms with Gasteiger partial charge in [0.05, 0.1) is 6.04 Å². The van der Waals surface area contributed by atoms with Crippen molar-refractivity contribution >= 4 is 11.9 Å². The second kappa shape index (κ2) is 6.47. The molecule has 0 bridgehead atoms. The van der Waals surface area contributed by atoms with Crippen LogP contribution in [-0.2, 0) is 4.79 Å². The molecule has 0 heterocycles. The monoisotopic (exact) mass is 240 g/mol. The Balaban J connectivity index is 2.54. The van der Waals surface area contributed by atoms with E-state index >= 15 is 0 Å². The third kappa shape index (κ3) is 4.24. The van der Waals surface area contributed by atoms with Gasteiger partial charge in [0.25, 0.3) is 0 Å². The summed E-state index contributed by atoms with van der Waals surface area (Å²) in [5.41, 5.74) is 10.9. The molecule has 0 amide bonds. The van der Waals surface area contributed by atoms with Crippen LogP contribution in [-0.4, -0.2) is 18.0 Å². The molecule has 0 saturated heterocycles. The van der Waals surface area contributed by atoms with Crippen LogP contribution < -0.4 is 16.6 Å². The minimum atomic E-state index is -0.919. The first-order chi connectivity index (χ1) is 8.04. The van der Waals surface area contributed by atoms with Crippen molar-refractivity contribution in [2.45, 2.75) is 51.5 Å². The van der Waals surface area contributed by atoms with E-state index in [-0.39, 0.29) is 17.9 Å². The second-order valence-corrected chi connectivity index (χ2v) is 4.84. The molecule has 4 N–H and O–H groups in total. The molecule has 1 aliphatic carbocycles. The van der Waals surface area contributed by atoms with Gasteiger partial charge in [-0.1, -0.05) is 13.3 Å². The van der Waals surface area contributed by atoms with Gasteiger partial charge >= 0.3 is 0 Å². The first-order valence-electron chi connectivity index (χ1n) is 6.34. The summed E-state index contributed by atoms with van der Waals surface area (Å²) in [5, 5.41) is 10.8. The molecule has 5 nitrogen and oxygen atoms in total. The lowest BCUT2D eigenvalue weighted by Gasteiger charge is -2.32. The molecule has 1 saturated carbocycles. The summed E-state index contributed by atoms with van der Waals surface area (Å²) in [4.78, 5) is 15.0. The summed E-state index contributed by atoms with van der Waals surface area (Å²) in [7, 11) is 0. The van der Waals surface area contributed by atoms with Crippen molar-refractivity contribution in [3.8, 4) is 0 Å². The number of hydrogen-bond donors (Lipinski definition) is 2. The molecule has 1 aliphatic rings. The van der Waals surface area contributed by atoms with Crippen LogP contribution in [0, 0.1) is 11.8 Å². The summed E-state index contributed by atoms with van der Waals surface area (Å²) >= 11 is 0. The van der Waals surface area contributed by atoms with Gasteiger partial charge in [-0.2, -0.15) is 0 Å². The van der Waals surface area contributed by atoms with Crippen molar-refractivity contribution in [2.24, 2.45) is 28.3 Å². The number of guanidine groups is 1. The molecular formula is C12H22N3O2-. The van der Waals surface area contributed by atoms with Gasteiger partial charge in [-0.15, -0.1) is 0 Å². The maximum Gasteiger partial charge on any atom is 0.186 e. The molecule has 0 spiro atoms. The van der Waals surface area contributed by atoms with Gasteiger partial charge in [0.1, 0.15) is 0 Å². The van der Waals surface area contributed by atoms with E-state index in [2.05, 4.69) is 11.9 Å². The summed E-state index contributed by atoms with van der Waals surface area (Å²) < 4.78 is 0. The number of carbonyl (C=O) groups is 1. The zero-order valence-electron chi connectivity index (χ0n) is 10.4. The highest BCUT2D eigenvalue weighted by Gasteiger charge is 2.27. The third-order valence-corrected chi connectivity index (χ3v) is 3.55. The summed E-state index contributed by atoms with van der Waals surface area (Å²) in [6, 6.07) is 0.146. The predicted molar refractivity (Wildman–Crippen MR) is 65.0 cm³/mol. The van der Waals surface area contributed by atoms with E-state index < -0.39 is 5.97 Å². The molecule has 0 aliphatic heterocycles. The Kier molecular flexibility index (Phi) is 5.25. The number of hydrogen-bond acceptors (Lipinski definition) is 3. The number of nitrogens with two attached hydrogens (primary N) is 2. The zero-order chi connectivity index (χ0) is 12.8. The van der Waals surface area contributed by atoms with E-state index in [4.69, 9.17) is 11.5 Å². The van der Waals surface area contributed by atoms with Crippen molar-refractivity contribution in [3.05, 3.63) is 0 Å². The standard InChI is InChI=1S/C12H23N3O2/c1-2-3-10(15-12(13)14)8-4-6-9(7-5-8)11(16)17/h8-10H,2-7H2,1H3,(H,16,17)(H4,13,14,15)/p-1. The minimum absolute atomic E-state index is 0.130. The number of carboxylic acids is 1. The van der Waals surface area contributed by atoms with Crippen LogP contribution in [0.25, 0.3) is 0 Å². The molecule has 98 valence electrons. The Morgan fingerprint density at radius 1 is 1.35 bits per heavy atom. The average molecular weight is 240 g/mol. The van der Waals surface area contributed by atoms with Crippen LogP contribution in [0.2, 0.25) is 0 Å².